The van der Waals surface area contributed by atoms with E-state index in [1.165, 1.54) is 12.2 Å². The molecule has 1 atom stereocenters. The highest BCUT2D eigenvalue weighted by Gasteiger charge is 2.15. The molecule has 1 rings (SSSR count). The van der Waals surface area contributed by atoms with Gasteiger partial charge in [0.1, 0.15) is 0 Å². The van der Waals surface area contributed by atoms with Gasteiger partial charge in [-0.2, -0.15) is 0 Å². The van der Waals surface area contributed by atoms with Crippen molar-refractivity contribution in [2.24, 2.45) is 4.99 Å². The molecular formula is C5H7NOS2. The molecule has 0 aromatic rings. The highest BCUT2D eigenvalue weighted by Crippen LogP contribution is 2.37. The Morgan fingerprint density at radius 2 is 2.67 bits per heavy atom. The van der Waals surface area contributed by atoms with Crippen LogP contribution in [0.2, 0.25) is 0 Å². The molecule has 0 amide bonds. The maximum atomic E-state index is 9.65. The minimum Gasteiger partial charge on any atom is -0.211 e. The Morgan fingerprint density at radius 1 is 1.78 bits per heavy atom. The second kappa shape index (κ2) is 3.99. The van der Waals surface area contributed by atoms with Gasteiger partial charge in [-0.25, -0.2) is 9.79 Å². The van der Waals surface area contributed by atoms with E-state index in [0.29, 0.717) is 11.8 Å². The SMILES string of the molecule is O=C=NCC1CCSS1. The van der Waals surface area contributed by atoms with E-state index >= 15 is 0 Å². The molecular weight excluding hydrogens is 154 g/mol. The molecule has 1 unspecified atom stereocenters. The second-order valence-corrected chi connectivity index (χ2v) is 4.55. The first kappa shape index (κ1) is 7.19. The molecule has 0 bridgehead atoms. The molecule has 1 aliphatic heterocycles. The smallest absolute Gasteiger partial charge is 0.211 e. The third-order valence-electron chi connectivity index (χ3n) is 1.09. The van der Waals surface area contributed by atoms with Gasteiger partial charge in [0.05, 0.1) is 6.54 Å². The predicted octanol–water partition coefficient (Wildman–Crippen LogP) is 1.48. The molecule has 2 nitrogen and oxygen atoms in total. The molecule has 0 spiro atoms. The van der Waals surface area contributed by atoms with E-state index in [0.717, 1.165) is 0 Å². The second-order valence-electron chi connectivity index (χ2n) is 1.76. The Balaban J connectivity index is 2.18. The minimum absolute atomic E-state index is 0.566. The van der Waals surface area contributed by atoms with Crippen molar-refractivity contribution in [1.82, 2.24) is 0 Å². The van der Waals surface area contributed by atoms with Crippen molar-refractivity contribution < 1.29 is 4.79 Å². The van der Waals surface area contributed by atoms with Crippen molar-refractivity contribution in [2.45, 2.75) is 11.7 Å². The number of rotatable bonds is 2. The van der Waals surface area contributed by atoms with Crippen LogP contribution in [-0.4, -0.2) is 23.6 Å². The lowest BCUT2D eigenvalue weighted by atomic mass is 10.3. The zero-order valence-electron chi connectivity index (χ0n) is 4.87. The molecule has 0 saturated carbocycles. The highest BCUT2D eigenvalue weighted by atomic mass is 33.1. The monoisotopic (exact) mass is 161 g/mol. The van der Waals surface area contributed by atoms with Crippen molar-refractivity contribution in [1.29, 1.82) is 0 Å². The molecule has 0 radical (unpaired) electrons. The van der Waals surface area contributed by atoms with Gasteiger partial charge in [0.2, 0.25) is 6.08 Å². The standard InChI is InChI=1S/C5H7NOS2/c7-4-6-3-5-1-2-8-9-5/h5H,1-3H2. The van der Waals surface area contributed by atoms with E-state index in [1.54, 1.807) is 6.08 Å². The van der Waals surface area contributed by atoms with Crippen LogP contribution in [-0.2, 0) is 4.79 Å². The van der Waals surface area contributed by atoms with E-state index in [-0.39, 0.29) is 0 Å². The topological polar surface area (TPSA) is 29.4 Å². The van der Waals surface area contributed by atoms with E-state index in [9.17, 15) is 4.79 Å². The molecule has 1 aliphatic rings. The maximum absolute atomic E-state index is 9.65. The summed E-state index contributed by atoms with van der Waals surface area (Å²) in [4.78, 5) is 13.2. The van der Waals surface area contributed by atoms with Gasteiger partial charge < -0.3 is 0 Å². The maximum Gasteiger partial charge on any atom is 0.234 e. The molecule has 1 heterocycles. The minimum atomic E-state index is 0.566. The van der Waals surface area contributed by atoms with Gasteiger partial charge in [-0.1, -0.05) is 21.6 Å². The number of hydrogen-bond acceptors (Lipinski definition) is 4. The molecule has 1 fully saturated rings. The molecule has 0 N–H and O–H groups in total. The number of nitrogens with zero attached hydrogens (tertiary/aromatic N) is 1. The van der Waals surface area contributed by atoms with Crippen LogP contribution >= 0.6 is 21.6 Å². The van der Waals surface area contributed by atoms with Gasteiger partial charge in [-0.3, -0.25) is 0 Å². The summed E-state index contributed by atoms with van der Waals surface area (Å²) in [6, 6.07) is 0. The van der Waals surface area contributed by atoms with Crippen molar-refractivity contribution >= 4 is 27.7 Å². The number of carbonyl (C=O) groups excluding carboxylic acids is 1. The van der Waals surface area contributed by atoms with Crippen LogP contribution in [0.5, 0.6) is 0 Å². The van der Waals surface area contributed by atoms with Gasteiger partial charge in [0.25, 0.3) is 0 Å². The Labute approximate surface area is 61.9 Å². The first-order chi connectivity index (χ1) is 4.43. The van der Waals surface area contributed by atoms with Crippen molar-refractivity contribution in [3.8, 4) is 0 Å². The summed E-state index contributed by atoms with van der Waals surface area (Å²) in [6.07, 6.45) is 2.73. The fraction of sp³-hybridized carbons (Fsp3) is 0.800. The van der Waals surface area contributed by atoms with Gasteiger partial charge in [0.15, 0.2) is 0 Å². The van der Waals surface area contributed by atoms with Crippen LogP contribution < -0.4 is 0 Å². The summed E-state index contributed by atoms with van der Waals surface area (Å²) >= 11 is 0. The van der Waals surface area contributed by atoms with Crippen LogP contribution in [0.3, 0.4) is 0 Å². The summed E-state index contributed by atoms with van der Waals surface area (Å²) in [7, 11) is 3.69. The third kappa shape index (κ3) is 2.43. The number of hydrogen-bond donors (Lipinski definition) is 0. The molecule has 0 aromatic carbocycles. The first-order valence-electron chi connectivity index (χ1n) is 2.75. The lowest BCUT2D eigenvalue weighted by Gasteiger charge is -1.97. The van der Waals surface area contributed by atoms with Crippen LogP contribution in [0.25, 0.3) is 0 Å². The van der Waals surface area contributed by atoms with Gasteiger partial charge in [0, 0.05) is 11.0 Å². The first-order valence-corrected chi connectivity index (χ1v) is 5.13. The molecule has 9 heavy (non-hydrogen) atoms. The van der Waals surface area contributed by atoms with Crippen molar-refractivity contribution in [3.63, 3.8) is 0 Å². The Hall–Kier alpha value is 0.0800. The molecule has 0 aromatic heterocycles. The van der Waals surface area contributed by atoms with Crippen molar-refractivity contribution in [2.75, 3.05) is 12.3 Å². The van der Waals surface area contributed by atoms with Crippen LogP contribution in [0.1, 0.15) is 6.42 Å². The molecule has 4 heteroatoms. The zero-order valence-corrected chi connectivity index (χ0v) is 6.50. The fourth-order valence-electron chi connectivity index (χ4n) is 0.633. The highest BCUT2D eigenvalue weighted by molar-refractivity contribution is 8.77. The molecule has 0 aliphatic carbocycles. The Bertz CT molecular complexity index is 127. The van der Waals surface area contributed by atoms with E-state index in [4.69, 9.17) is 0 Å². The Kier molecular flexibility index (Phi) is 3.18. The average Bonchev–Trinajstić information content (AvgIpc) is 2.34. The van der Waals surface area contributed by atoms with Crippen LogP contribution in [0, 0.1) is 0 Å². The predicted molar refractivity (Wildman–Crippen MR) is 41.4 cm³/mol. The lowest BCUT2D eigenvalue weighted by Crippen LogP contribution is -2.00. The molecule has 50 valence electrons. The summed E-state index contributed by atoms with van der Waals surface area (Å²) in [6.45, 7) is 0.654. The average molecular weight is 161 g/mol. The fourth-order valence-corrected chi connectivity index (χ4v) is 3.43. The number of isocyanates is 1. The lowest BCUT2D eigenvalue weighted by molar-refractivity contribution is 0.562. The van der Waals surface area contributed by atoms with Crippen LogP contribution in [0.15, 0.2) is 4.99 Å². The van der Waals surface area contributed by atoms with E-state index < -0.39 is 0 Å². The van der Waals surface area contributed by atoms with Crippen molar-refractivity contribution in [3.05, 3.63) is 0 Å². The third-order valence-corrected chi connectivity index (χ3v) is 4.01. The summed E-state index contributed by atoms with van der Waals surface area (Å²) in [5, 5.41) is 0.566. The summed E-state index contributed by atoms with van der Waals surface area (Å²) in [5.74, 6) is 1.20. The normalized spacial score (nSPS) is 25.6. The van der Waals surface area contributed by atoms with Gasteiger partial charge in [-0.05, 0) is 6.42 Å². The number of aliphatic imine (C=N–C) groups is 1. The van der Waals surface area contributed by atoms with Crippen LogP contribution in [0.4, 0.5) is 0 Å². The zero-order chi connectivity index (χ0) is 6.53. The Morgan fingerprint density at radius 3 is 3.22 bits per heavy atom. The quantitative estimate of drug-likeness (QED) is 0.349. The van der Waals surface area contributed by atoms with Gasteiger partial charge >= 0.3 is 0 Å². The van der Waals surface area contributed by atoms with Gasteiger partial charge in [-0.15, -0.1) is 0 Å². The summed E-state index contributed by atoms with van der Waals surface area (Å²) < 4.78 is 0. The van der Waals surface area contributed by atoms with E-state index in [2.05, 4.69) is 4.99 Å². The molecule has 1 saturated heterocycles. The largest absolute Gasteiger partial charge is 0.234 e. The summed E-state index contributed by atoms with van der Waals surface area (Å²) in [5.41, 5.74) is 0. The van der Waals surface area contributed by atoms with E-state index in [1.807, 2.05) is 21.6 Å².